The van der Waals surface area contributed by atoms with E-state index in [1.54, 1.807) is 19.1 Å². The van der Waals surface area contributed by atoms with Gasteiger partial charge >= 0.3 is 6.18 Å². The summed E-state index contributed by atoms with van der Waals surface area (Å²) in [6.07, 6.45) is -4.45. The quantitative estimate of drug-likeness (QED) is 0.677. The molecule has 0 fully saturated rings. The fraction of sp³-hybridized carbons (Fsp3) is 0.182. The summed E-state index contributed by atoms with van der Waals surface area (Å²) in [7, 11) is 0. The van der Waals surface area contributed by atoms with Crippen molar-refractivity contribution in [3.63, 3.8) is 0 Å². The van der Waals surface area contributed by atoms with Gasteiger partial charge in [0.05, 0.1) is 10.5 Å². The smallest absolute Gasteiger partial charge is 0.242 e. The van der Waals surface area contributed by atoms with Crippen LogP contribution in [0.1, 0.15) is 11.3 Å². The lowest BCUT2D eigenvalue weighted by Crippen LogP contribution is -2.08. The van der Waals surface area contributed by atoms with E-state index in [2.05, 4.69) is 4.98 Å². The molecule has 0 aliphatic rings. The van der Waals surface area contributed by atoms with Crippen LogP contribution in [-0.4, -0.2) is 4.98 Å². The minimum atomic E-state index is -4.45. The molecule has 0 aliphatic carbocycles. The van der Waals surface area contributed by atoms with E-state index in [4.69, 9.17) is 11.6 Å². The lowest BCUT2D eigenvalue weighted by molar-refractivity contribution is -0.141. The molecule has 1 aromatic heterocycles. The number of rotatable bonds is 0. The average molecular weight is 246 g/mol. The number of nitrogens with zero attached hydrogens (tertiary/aromatic N) is 1. The molecule has 16 heavy (non-hydrogen) atoms. The molecule has 84 valence electrons. The lowest BCUT2D eigenvalue weighted by Gasteiger charge is -2.09. The number of halogens is 4. The van der Waals surface area contributed by atoms with Crippen LogP contribution in [0.15, 0.2) is 24.3 Å². The number of para-hydroxylation sites is 1. The zero-order valence-corrected chi connectivity index (χ0v) is 9.02. The van der Waals surface area contributed by atoms with E-state index in [1.165, 1.54) is 6.07 Å². The maximum atomic E-state index is 12.5. The number of benzene rings is 1. The van der Waals surface area contributed by atoms with E-state index in [-0.39, 0.29) is 10.5 Å². The summed E-state index contributed by atoms with van der Waals surface area (Å²) in [6, 6.07) is 5.94. The SMILES string of the molecule is Cc1cc(C(F)(F)F)nc2c(Cl)cccc12. The van der Waals surface area contributed by atoms with Gasteiger partial charge in [-0.25, -0.2) is 4.98 Å². The number of aryl methyl sites for hydroxylation is 1. The summed E-state index contributed by atoms with van der Waals surface area (Å²) in [5.74, 6) is 0. The topological polar surface area (TPSA) is 12.9 Å². The molecular formula is C11H7ClF3N. The van der Waals surface area contributed by atoms with Gasteiger partial charge in [-0.15, -0.1) is 0 Å². The molecule has 0 bridgehead atoms. The normalized spacial score (nSPS) is 12.1. The summed E-state index contributed by atoms with van der Waals surface area (Å²) in [5.41, 5.74) is -0.207. The molecule has 2 aromatic rings. The number of pyridine rings is 1. The van der Waals surface area contributed by atoms with Crippen LogP contribution >= 0.6 is 11.6 Å². The molecule has 1 nitrogen and oxygen atoms in total. The summed E-state index contributed by atoms with van der Waals surface area (Å²) in [4.78, 5) is 3.55. The third-order valence-electron chi connectivity index (χ3n) is 2.29. The number of hydrogen-bond donors (Lipinski definition) is 0. The number of aromatic nitrogens is 1. The zero-order chi connectivity index (χ0) is 11.9. The van der Waals surface area contributed by atoms with Crippen LogP contribution in [0, 0.1) is 6.92 Å². The van der Waals surface area contributed by atoms with Crippen molar-refractivity contribution in [1.29, 1.82) is 0 Å². The third-order valence-corrected chi connectivity index (χ3v) is 2.59. The Labute approximate surface area is 94.9 Å². The van der Waals surface area contributed by atoms with Crippen LogP contribution in [0.2, 0.25) is 5.02 Å². The van der Waals surface area contributed by atoms with Crippen molar-refractivity contribution in [3.8, 4) is 0 Å². The number of fused-ring (bicyclic) bond motifs is 1. The average Bonchev–Trinajstić information content (AvgIpc) is 2.18. The van der Waals surface area contributed by atoms with Crippen molar-refractivity contribution in [3.05, 3.63) is 40.5 Å². The molecule has 0 saturated carbocycles. The molecule has 0 atom stereocenters. The van der Waals surface area contributed by atoms with Crippen LogP contribution < -0.4 is 0 Å². The van der Waals surface area contributed by atoms with Gasteiger partial charge in [-0.1, -0.05) is 23.7 Å². The van der Waals surface area contributed by atoms with Gasteiger partial charge < -0.3 is 0 Å². The van der Waals surface area contributed by atoms with E-state index in [1.807, 2.05) is 0 Å². The second kappa shape index (κ2) is 3.63. The Hall–Kier alpha value is -1.29. The lowest BCUT2D eigenvalue weighted by atomic mass is 10.1. The molecule has 0 unspecified atom stereocenters. The highest BCUT2D eigenvalue weighted by Crippen LogP contribution is 2.32. The Morgan fingerprint density at radius 3 is 2.56 bits per heavy atom. The molecular weight excluding hydrogens is 239 g/mol. The largest absolute Gasteiger partial charge is 0.433 e. The summed E-state index contributed by atoms with van der Waals surface area (Å²) < 4.78 is 37.6. The molecule has 2 rings (SSSR count). The highest BCUT2D eigenvalue weighted by molar-refractivity contribution is 6.35. The van der Waals surface area contributed by atoms with Crippen LogP contribution in [0.4, 0.5) is 13.2 Å². The zero-order valence-electron chi connectivity index (χ0n) is 8.27. The molecule has 0 aliphatic heterocycles. The van der Waals surface area contributed by atoms with E-state index in [0.29, 0.717) is 10.9 Å². The highest BCUT2D eigenvalue weighted by atomic mass is 35.5. The second-order valence-corrected chi connectivity index (χ2v) is 3.87. The fourth-order valence-electron chi connectivity index (χ4n) is 1.53. The monoisotopic (exact) mass is 245 g/mol. The second-order valence-electron chi connectivity index (χ2n) is 3.46. The van der Waals surface area contributed by atoms with Crippen LogP contribution in [0.25, 0.3) is 10.9 Å². The minimum Gasteiger partial charge on any atom is -0.242 e. The van der Waals surface area contributed by atoms with Crippen molar-refractivity contribution in [2.75, 3.05) is 0 Å². The Kier molecular flexibility index (Phi) is 2.54. The Morgan fingerprint density at radius 1 is 1.25 bits per heavy atom. The molecule has 1 heterocycles. The molecule has 0 N–H and O–H groups in total. The first-order valence-corrected chi connectivity index (χ1v) is 4.90. The fourth-order valence-corrected chi connectivity index (χ4v) is 1.74. The summed E-state index contributed by atoms with van der Waals surface area (Å²) in [5, 5.41) is 0.868. The third kappa shape index (κ3) is 1.85. The Bertz CT molecular complexity index is 549. The molecule has 0 radical (unpaired) electrons. The van der Waals surface area contributed by atoms with Crippen molar-refractivity contribution in [1.82, 2.24) is 4.98 Å². The Balaban J connectivity index is 2.81. The van der Waals surface area contributed by atoms with Crippen molar-refractivity contribution in [2.45, 2.75) is 13.1 Å². The first-order chi connectivity index (χ1) is 7.39. The number of alkyl halides is 3. The van der Waals surface area contributed by atoms with Gasteiger partial charge in [0.15, 0.2) is 0 Å². The van der Waals surface area contributed by atoms with Crippen LogP contribution in [0.3, 0.4) is 0 Å². The maximum Gasteiger partial charge on any atom is 0.433 e. The molecule has 0 amide bonds. The van der Waals surface area contributed by atoms with Gasteiger partial charge in [0.2, 0.25) is 0 Å². The van der Waals surface area contributed by atoms with Gasteiger partial charge in [0.1, 0.15) is 5.69 Å². The molecule has 0 saturated heterocycles. The van der Waals surface area contributed by atoms with Crippen molar-refractivity contribution >= 4 is 22.5 Å². The first kappa shape index (κ1) is 11.2. The van der Waals surface area contributed by atoms with Gasteiger partial charge in [0, 0.05) is 5.39 Å². The van der Waals surface area contributed by atoms with Gasteiger partial charge in [0.25, 0.3) is 0 Å². The van der Waals surface area contributed by atoms with Gasteiger partial charge in [-0.3, -0.25) is 0 Å². The van der Waals surface area contributed by atoms with E-state index in [9.17, 15) is 13.2 Å². The highest BCUT2D eigenvalue weighted by Gasteiger charge is 2.33. The summed E-state index contributed by atoms with van der Waals surface area (Å²) in [6.45, 7) is 1.61. The van der Waals surface area contributed by atoms with Gasteiger partial charge in [-0.05, 0) is 24.6 Å². The molecule has 5 heteroatoms. The maximum absolute atomic E-state index is 12.5. The van der Waals surface area contributed by atoms with Gasteiger partial charge in [-0.2, -0.15) is 13.2 Å². The number of hydrogen-bond acceptors (Lipinski definition) is 1. The van der Waals surface area contributed by atoms with E-state index >= 15 is 0 Å². The predicted octanol–water partition coefficient (Wildman–Crippen LogP) is 4.22. The molecule has 0 spiro atoms. The van der Waals surface area contributed by atoms with Crippen LogP contribution in [0.5, 0.6) is 0 Å². The van der Waals surface area contributed by atoms with Crippen molar-refractivity contribution < 1.29 is 13.2 Å². The molecule has 1 aromatic carbocycles. The van der Waals surface area contributed by atoms with E-state index < -0.39 is 11.9 Å². The minimum absolute atomic E-state index is 0.191. The first-order valence-electron chi connectivity index (χ1n) is 4.52. The Morgan fingerprint density at radius 2 is 1.94 bits per heavy atom. The predicted molar refractivity (Wildman–Crippen MR) is 56.5 cm³/mol. The standard InChI is InChI=1S/C11H7ClF3N/c1-6-5-9(11(13,14)15)16-10-7(6)3-2-4-8(10)12/h2-5H,1H3. The van der Waals surface area contributed by atoms with Crippen molar-refractivity contribution in [2.24, 2.45) is 0 Å². The summed E-state index contributed by atoms with van der Waals surface area (Å²) >= 11 is 5.82. The van der Waals surface area contributed by atoms with Crippen LogP contribution in [-0.2, 0) is 6.18 Å². The van der Waals surface area contributed by atoms with E-state index in [0.717, 1.165) is 6.07 Å².